The number of furan rings is 1. The summed E-state index contributed by atoms with van der Waals surface area (Å²) in [6.07, 6.45) is 1.94. The molecule has 1 amide bonds. The van der Waals surface area contributed by atoms with E-state index < -0.39 is 5.91 Å². The molecule has 0 atom stereocenters. The van der Waals surface area contributed by atoms with Crippen LogP contribution in [0.4, 0.5) is 0 Å². The number of ether oxygens (including phenoxy) is 2. The Hall–Kier alpha value is -3.29. The van der Waals surface area contributed by atoms with E-state index in [0.717, 1.165) is 5.56 Å². The summed E-state index contributed by atoms with van der Waals surface area (Å²) < 4.78 is 21.1. The van der Waals surface area contributed by atoms with E-state index in [4.69, 9.17) is 18.3 Å². The molecule has 122 valence electrons. The summed E-state index contributed by atoms with van der Waals surface area (Å²) in [6, 6.07) is 9.07. The SMILES string of the molecule is O=C(NCc1ccco1)c1nnc(Cc2ccc3c(c2)OCO3)o1. The average molecular weight is 327 g/mol. The molecule has 0 unspecified atom stereocenters. The summed E-state index contributed by atoms with van der Waals surface area (Å²) in [4.78, 5) is 12.0. The second kappa shape index (κ2) is 6.07. The van der Waals surface area contributed by atoms with Gasteiger partial charge in [-0.15, -0.1) is 10.2 Å². The summed E-state index contributed by atoms with van der Waals surface area (Å²) in [6.45, 7) is 0.477. The molecule has 1 aliphatic rings. The summed E-state index contributed by atoms with van der Waals surface area (Å²) in [5.41, 5.74) is 0.922. The maximum absolute atomic E-state index is 12.0. The number of fused-ring (bicyclic) bond motifs is 1. The average Bonchev–Trinajstić information content (AvgIpc) is 3.33. The van der Waals surface area contributed by atoms with Crippen molar-refractivity contribution in [1.82, 2.24) is 15.5 Å². The highest BCUT2D eigenvalue weighted by Gasteiger charge is 2.17. The van der Waals surface area contributed by atoms with Gasteiger partial charge >= 0.3 is 11.8 Å². The van der Waals surface area contributed by atoms with Gasteiger partial charge in [-0.2, -0.15) is 0 Å². The first kappa shape index (κ1) is 14.3. The number of nitrogens with one attached hydrogen (secondary N) is 1. The summed E-state index contributed by atoms with van der Waals surface area (Å²) in [5.74, 6) is 1.85. The normalized spacial score (nSPS) is 12.3. The van der Waals surface area contributed by atoms with Crippen LogP contribution in [-0.4, -0.2) is 22.9 Å². The molecular weight excluding hydrogens is 314 g/mol. The van der Waals surface area contributed by atoms with Crippen LogP contribution in [0.1, 0.15) is 27.9 Å². The molecule has 0 radical (unpaired) electrons. The van der Waals surface area contributed by atoms with Crippen molar-refractivity contribution < 1.29 is 23.1 Å². The van der Waals surface area contributed by atoms with E-state index in [1.807, 2.05) is 18.2 Å². The number of hydrogen-bond donors (Lipinski definition) is 1. The minimum Gasteiger partial charge on any atom is -0.467 e. The van der Waals surface area contributed by atoms with Gasteiger partial charge in [-0.1, -0.05) is 6.07 Å². The van der Waals surface area contributed by atoms with Crippen LogP contribution in [0.25, 0.3) is 0 Å². The Morgan fingerprint density at radius 2 is 2.08 bits per heavy atom. The third kappa shape index (κ3) is 2.94. The lowest BCUT2D eigenvalue weighted by atomic mass is 10.1. The summed E-state index contributed by atoms with van der Waals surface area (Å²) >= 11 is 0. The molecule has 0 saturated heterocycles. The number of amides is 1. The third-order valence-corrected chi connectivity index (χ3v) is 3.46. The fraction of sp³-hybridized carbons (Fsp3) is 0.188. The molecule has 1 aromatic carbocycles. The third-order valence-electron chi connectivity index (χ3n) is 3.46. The van der Waals surface area contributed by atoms with Crippen molar-refractivity contribution in [3.63, 3.8) is 0 Å². The van der Waals surface area contributed by atoms with Crippen LogP contribution >= 0.6 is 0 Å². The molecule has 3 heterocycles. The zero-order valence-corrected chi connectivity index (χ0v) is 12.5. The monoisotopic (exact) mass is 327 g/mol. The summed E-state index contributed by atoms with van der Waals surface area (Å²) in [5, 5.41) is 10.3. The zero-order chi connectivity index (χ0) is 16.4. The molecule has 24 heavy (non-hydrogen) atoms. The van der Waals surface area contributed by atoms with Crippen LogP contribution in [-0.2, 0) is 13.0 Å². The number of hydrogen-bond acceptors (Lipinski definition) is 7. The fourth-order valence-corrected chi connectivity index (χ4v) is 2.30. The van der Waals surface area contributed by atoms with Crippen LogP contribution in [0.5, 0.6) is 11.5 Å². The van der Waals surface area contributed by atoms with Gasteiger partial charge < -0.3 is 23.6 Å². The Labute approximate surface area is 136 Å². The predicted octanol–water partition coefficient (Wildman–Crippen LogP) is 1.91. The van der Waals surface area contributed by atoms with E-state index in [1.165, 1.54) is 6.26 Å². The van der Waals surface area contributed by atoms with Crippen LogP contribution in [0.15, 0.2) is 45.4 Å². The van der Waals surface area contributed by atoms with Crippen molar-refractivity contribution >= 4 is 5.91 Å². The fourth-order valence-electron chi connectivity index (χ4n) is 2.30. The van der Waals surface area contributed by atoms with E-state index in [1.54, 1.807) is 12.1 Å². The van der Waals surface area contributed by atoms with Crippen molar-refractivity contribution in [2.75, 3.05) is 6.79 Å². The van der Waals surface area contributed by atoms with Crippen LogP contribution in [0.2, 0.25) is 0 Å². The number of nitrogens with zero attached hydrogens (tertiary/aromatic N) is 2. The van der Waals surface area contributed by atoms with Crippen molar-refractivity contribution in [3.8, 4) is 11.5 Å². The molecule has 0 fully saturated rings. The van der Waals surface area contributed by atoms with E-state index in [9.17, 15) is 4.79 Å². The first-order chi connectivity index (χ1) is 11.8. The van der Waals surface area contributed by atoms with Gasteiger partial charge in [-0.05, 0) is 29.8 Å². The van der Waals surface area contributed by atoms with Gasteiger partial charge in [0.1, 0.15) is 5.76 Å². The van der Waals surface area contributed by atoms with E-state index in [-0.39, 0.29) is 19.2 Å². The van der Waals surface area contributed by atoms with Crippen LogP contribution in [0, 0.1) is 0 Å². The molecule has 1 N–H and O–H groups in total. The first-order valence-corrected chi connectivity index (χ1v) is 7.29. The van der Waals surface area contributed by atoms with Crippen molar-refractivity contribution in [1.29, 1.82) is 0 Å². The number of aromatic nitrogens is 2. The van der Waals surface area contributed by atoms with Gasteiger partial charge in [0.15, 0.2) is 11.5 Å². The molecule has 0 saturated carbocycles. The predicted molar refractivity (Wildman–Crippen MR) is 79.5 cm³/mol. The molecule has 4 rings (SSSR count). The number of rotatable bonds is 5. The smallest absolute Gasteiger partial charge is 0.309 e. The Kier molecular flexibility index (Phi) is 3.62. The zero-order valence-electron chi connectivity index (χ0n) is 12.5. The van der Waals surface area contributed by atoms with Crippen LogP contribution in [0.3, 0.4) is 0 Å². The molecule has 0 bridgehead atoms. The minimum absolute atomic E-state index is 0.0858. The largest absolute Gasteiger partial charge is 0.467 e. The highest BCUT2D eigenvalue weighted by Crippen LogP contribution is 2.32. The van der Waals surface area contributed by atoms with Gasteiger partial charge in [0, 0.05) is 0 Å². The number of carbonyl (C=O) groups is 1. The van der Waals surface area contributed by atoms with Gasteiger partial charge in [0.25, 0.3) is 0 Å². The summed E-state index contributed by atoms with van der Waals surface area (Å²) in [7, 11) is 0. The van der Waals surface area contributed by atoms with Gasteiger partial charge in [-0.25, -0.2) is 0 Å². The van der Waals surface area contributed by atoms with Crippen LogP contribution < -0.4 is 14.8 Å². The number of carbonyl (C=O) groups excluding carboxylic acids is 1. The maximum Gasteiger partial charge on any atom is 0.309 e. The molecule has 8 heteroatoms. The van der Waals surface area contributed by atoms with E-state index in [0.29, 0.717) is 29.6 Å². The standard InChI is InChI=1S/C16H13N3O5/c20-15(17-8-11-2-1-5-21-11)16-19-18-14(24-16)7-10-3-4-12-13(6-10)23-9-22-12/h1-6H,7-9H2,(H,17,20). The topological polar surface area (TPSA) is 99.6 Å². The van der Waals surface area contributed by atoms with Gasteiger partial charge in [0.2, 0.25) is 12.7 Å². The Bertz CT molecular complexity index is 856. The van der Waals surface area contributed by atoms with Gasteiger partial charge in [-0.3, -0.25) is 4.79 Å². The van der Waals surface area contributed by atoms with Crippen molar-refractivity contribution in [2.24, 2.45) is 0 Å². The Morgan fingerprint density at radius 3 is 2.96 bits per heavy atom. The minimum atomic E-state index is -0.448. The maximum atomic E-state index is 12.0. The van der Waals surface area contributed by atoms with E-state index in [2.05, 4.69) is 15.5 Å². The lowest BCUT2D eigenvalue weighted by molar-refractivity contribution is 0.0911. The highest BCUT2D eigenvalue weighted by molar-refractivity contribution is 5.89. The lowest BCUT2D eigenvalue weighted by Gasteiger charge is -2.00. The second-order valence-electron chi connectivity index (χ2n) is 5.13. The number of benzene rings is 1. The Morgan fingerprint density at radius 1 is 1.17 bits per heavy atom. The van der Waals surface area contributed by atoms with E-state index >= 15 is 0 Å². The molecule has 0 aliphatic carbocycles. The second-order valence-corrected chi connectivity index (χ2v) is 5.13. The molecule has 8 nitrogen and oxygen atoms in total. The van der Waals surface area contributed by atoms with Gasteiger partial charge in [0.05, 0.1) is 19.2 Å². The first-order valence-electron chi connectivity index (χ1n) is 7.29. The Balaban J connectivity index is 1.40. The lowest BCUT2D eigenvalue weighted by Crippen LogP contribution is -2.22. The highest BCUT2D eigenvalue weighted by atomic mass is 16.7. The molecule has 3 aromatic rings. The molecule has 1 aliphatic heterocycles. The van der Waals surface area contributed by atoms with Crippen molar-refractivity contribution in [2.45, 2.75) is 13.0 Å². The quantitative estimate of drug-likeness (QED) is 0.764. The molecule has 0 spiro atoms. The molecular formula is C16H13N3O5. The molecule has 2 aromatic heterocycles. The van der Waals surface area contributed by atoms with Crippen molar-refractivity contribution in [3.05, 3.63) is 59.7 Å².